The Balaban J connectivity index is 1.40. The smallest absolute Gasteiger partial charge is 0.258 e. The standard InChI is InChI=1S/C23H20BrN3O2/c1-15-23(17-4-5-17)25-21-9-8-19(13-27(15)21)26-11-10-20(12-22(26)28)29-14-16-2-6-18(24)7-3-16/h2-3,6-13,17H,4-5,14H2,1H3. The average molecular weight is 450 g/mol. The summed E-state index contributed by atoms with van der Waals surface area (Å²) in [5, 5.41) is 0. The van der Waals surface area contributed by atoms with Gasteiger partial charge in [0, 0.05) is 34.5 Å². The van der Waals surface area contributed by atoms with Crippen molar-refractivity contribution in [3.05, 3.63) is 92.7 Å². The Morgan fingerprint density at radius 1 is 1.14 bits per heavy atom. The number of benzene rings is 1. The molecule has 146 valence electrons. The Hall–Kier alpha value is -2.86. The quantitative estimate of drug-likeness (QED) is 0.430. The van der Waals surface area contributed by atoms with Crippen LogP contribution in [0, 0.1) is 6.92 Å². The van der Waals surface area contributed by atoms with Gasteiger partial charge in [-0.25, -0.2) is 4.98 Å². The number of imidazole rings is 1. The molecular formula is C23H20BrN3O2. The van der Waals surface area contributed by atoms with E-state index >= 15 is 0 Å². The first kappa shape index (κ1) is 18.2. The molecule has 0 atom stereocenters. The third kappa shape index (κ3) is 3.60. The van der Waals surface area contributed by atoms with Gasteiger partial charge >= 0.3 is 0 Å². The molecule has 1 aromatic carbocycles. The largest absolute Gasteiger partial charge is 0.489 e. The number of aromatic nitrogens is 3. The van der Waals surface area contributed by atoms with Crippen molar-refractivity contribution >= 4 is 21.6 Å². The summed E-state index contributed by atoms with van der Waals surface area (Å²) in [4.78, 5) is 17.4. The lowest BCUT2D eigenvalue weighted by atomic mass is 10.2. The first-order valence-corrected chi connectivity index (χ1v) is 10.5. The molecule has 0 aliphatic heterocycles. The molecule has 0 radical (unpaired) electrons. The topological polar surface area (TPSA) is 48.5 Å². The monoisotopic (exact) mass is 449 g/mol. The Kier molecular flexibility index (Phi) is 4.51. The van der Waals surface area contributed by atoms with Crippen molar-refractivity contribution in [1.29, 1.82) is 0 Å². The fraction of sp³-hybridized carbons (Fsp3) is 0.217. The Morgan fingerprint density at radius 2 is 1.93 bits per heavy atom. The highest BCUT2D eigenvalue weighted by Crippen LogP contribution is 2.41. The molecule has 5 nitrogen and oxygen atoms in total. The zero-order valence-corrected chi connectivity index (χ0v) is 17.6. The van der Waals surface area contributed by atoms with Gasteiger partial charge in [0.05, 0.1) is 11.4 Å². The minimum Gasteiger partial charge on any atom is -0.489 e. The highest BCUT2D eigenvalue weighted by molar-refractivity contribution is 9.10. The summed E-state index contributed by atoms with van der Waals surface area (Å²) in [6.45, 7) is 2.51. The Bertz CT molecular complexity index is 1250. The molecule has 1 saturated carbocycles. The second-order valence-corrected chi connectivity index (χ2v) is 8.37. The van der Waals surface area contributed by atoms with Crippen LogP contribution in [0.25, 0.3) is 11.3 Å². The van der Waals surface area contributed by atoms with Crippen molar-refractivity contribution in [2.75, 3.05) is 0 Å². The van der Waals surface area contributed by atoms with Crippen LogP contribution in [-0.2, 0) is 6.61 Å². The molecule has 0 amide bonds. The van der Waals surface area contributed by atoms with E-state index in [0.29, 0.717) is 18.3 Å². The summed E-state index contributed by atoms with van der Waals surface area (Å²) >= 11 is 3.42. The maximum atomic E-state index is 12.7. The van der Waals surface area contributed by atoms with Crippen LogP contribution in [0.2, 0.25) is 0 Å². The fourth-order valence-corrected chi connectivity index (χ4v) is 3.83. The number of hydrogen-bond donors (Lipinski definition) is 0. The predicted octanol–water partition coefficient (Wildman–Crippen LogP) is 5.01. The molecule has 1 fully saturated rings. The van der Waals surface area contributed by atoms with E-state index in [-0.39, 0.29) is 5.56 Å². The normalized spacial score (nSPS) is 13.7. The zero-order valence-electron chi connectivity index (χ0n) is 16.0. The van der Waals surface area contributed by atoms with Crippen molar-refractivity contribution in [2.45, 2.75) is 32.3 Å². The zero-order chi connectivity index (χ0) is 20.0. The third-order valence-corrected chi connectivity index (χ3v) is 5.86. The molecule has 29 heavy (non-hydrogen) atoms. The maximum Gasteiger partial charge on any atom is 0.258 e. The van der Waals surface area contributed by atoms with Gasteiger partial charge in [0.1, 0.15) is 18.0 Å². The molecule has 0 N–H and O–H groups in total. The van der Waals surface area contributed by atoms with E-state index in [4.69, 9.17) is 9.72 Å². The molecule has 4 aromatic rings. The number of halogens is 1. The molecule has 3 aromatic heterocycles. The van der Waals surface area contributed by atoms with Gasteiger partial charge in [-0.3, -0.25) is 9.36 Å². The molecule has 5 rings (SSSR count). The van der Waals surface area contributed by atoms with Crippen molar-refractivity contribution in [3.63, 3.8) is 0 Å². The van der Waals surface area contributed by atoms with Crippen molar-refractivity contribution in [3.8, 4) is 11.4 Å². The lowest BCUT2D eigenvalue weighted by Gasteiger charge is -2.10. The van der Waals surface area contributed by atoms with E-state index in [9.17, 15) is 4.79 Å². The molecule has 0 spiro atoms. The van der Waals surface area contributed by atoms with Gasteiger partial charge in [0.25, 0.3) is 5.56 Å². The van der Waals surface area contributed by atoms with E-state index < -0.39 is 0 Å². The van der Waals surface area contributed by atoms with Crippen LogP contribution in [0.1, 0.15) is 35.7 Å². The summed E-state index contributed by atoms with van der Waals surface area (Å²) in [5.74, 6) is 1.16. The van der Waals surface area contributed by atoms with E-state index in [0.717, 1.165) is 27.1 Å². The van der Waals surface area contributed by atoms with Crippen LogP contribution >= 0.6 is 15.9 Å². The molecule has 1 aliphatic carbocycles. The van der Waals surface area contributed by atoms with E-state index in [1.165, 1.54) is 24.6 Å². The molecule has 1 aliphatic rings. The SMILES string of the molecule is Cc1c(C2CC2)nc2ccc(-n3ccc(OCc4ccc(Br)cc4)cc3=O)cn12. The van der Waals surface area contributed by atoms with Crippen molar-refractivity contribution in [2.24, 2.45) is 0 Å². The molecule has 3 heterocycles. The van der Waals surface area contributed by atoms with E-state index in [1.54, 1.807) is 10.8 Å². The van der Waals surface area contributed by atoms with Gasteiger partial charge in [-0.1, -0.05) is 28.1 Å². The summed E-state index contributed by atoms with van der Waals surface area (Å²) in [6, 6.07) is 15.2. The number of rotatable bonds is 5. The summed E-state index contributed by atoms with van der Waals surface area (Å²) in [7, 11) is 0. The second kappa shape index (κ2) is 7.19. The van der Waals surface area contributed by atoms with Crippen LogP contribution in [0.3, 0.4) is 0 Å². The van der Waals surface area contributed by atoms with Crippen molar-refractivity contribution < 1.29 is 4.74 Å². The van der Waals surface area contributed by atoms with E-state index in [2.05, 4.69) is 27.3 Å². The van der Waals surface area contributed by atoms with Gasteiger partial charge in [-0.2, -0.15) is 0 Å². The minimum absolute atomic E-state index is 0.127. The molecule has 6 heteroatoms. The fourth-order valence-electron chi connectivity index (χ4n) is 3.57. The lowest BCUT2D eigenvalue weighted by molar-refractivity contribution is 0.305. The van der Waals surface area contributed by atoms with Crippen LogP contribution in [0.4, 0.5) is 0 Å². The van der Waals surface area contributed by atoms with Gasteiger partial charge in [-0.15, -0.1) is 0 Å². The van der Waals surface area contributed by atoms with E-state index in [1.807, 2.05) is 48.7 Å². The highest BCUT2D eigenvalue weighted by atomic mass is 79.9. The first-order valence-electron chi connectivity index (χ1n) is 9.67. The lowest BCUT2D eigenvalue weighted by Crippen LogP contribution is -2.17. The Labute approximate surface area is 176 Å². The number of fused-ring (bicyclic) bond motifs is 1. The molecular weight excluding hydrogens is 430 g/mol. The predicted molar refractivity (Wildman–Crippen MR) is 116 cm³/mol. The number of aryl methyl sites for hydroxylation is 1. The number of hydrogen-bond acceptors (Lipinski definition) is 3. The molecule has 0 unspecified atom stereocenters. The molecule has 0 saturated heterocycles. The van der Waals surface area contributed by atoms with Gasteiger partial charge < -0.3 is 9.14 Å². The van der Waals surface area contributed by atoms with Crippen LogP contribution in [0.15, 0.2) is 70.2 Å². The van der Waals surface area contributed by atoms with Gasteiger partial charge in [0.15, 0.2) is 0 Å². The average Bonchev–Trinajstić information content (AvgIpc) is 3.52. The summed E-state index contributed by atoms with van der Waals surface area (Å²) in [6.07, 6.45) is 6.18. The second-order valence-electron chi connectivity index (χ2n) is 7.46. The summed E-state index contributed by atoms with van der Waals surface area (Å²) < 4.78 is 10.5. The first-order chi connectivity index (χ1) is 14.1. The highest BCUT2D eigenvalue weighted by Gasteiger charge is 2.28. The third-order valence-electron chi connectivity index (χ3n) is 5.33. The van der Waals surface area contributed by atoms with Gasteiger partial charge in [0.2, 0.25) is 0 Å². The molecule has 0 bridgehead atoms. The van der Waals surface area contributed by atoms with Crippen LogP contribution < -0.4 is 10.3 Å². The maximum absolute atomic E-state index is 12.7. The summed E-state index contributed by atoms with van der Waals surface area (Å²) in [5.41, 5.74) is 5.00. The number of ether oxygens (including phenoxy) is 1. The van der Waals surface area contributed by atoms with Crippen molar-refractivity contribution in [1.82, 2.24) is 14.0 Å². The van der Waals surface area contributed by atoms with Crippen LogP contribution in [0.5, 0.6) is 5.75 Å². The minimum atomic E-state index is -0.127. The number of nitrogens with zero attached hydrogens (tertiary/aromatic N) is 3. The Morgan fingerprint density at radius 3 is 2.66 bits per heavy atom. The van der Waals surface area contributed by atoms with Crippen LogP contribution in [-0.4, -0.2) is 14.0 Å². The number of pyridine rings is 2. The van der Waals surface area contributed by atoms with Gasteiger partial charge in [-0.05, 0) is 55.7 Å².